The first-order valence-electron chi connectivity index (χ1n) is 6.86. The van der Waals surface area contributed by atoms with Gasteiger partial charge in [0.2, 0.25) is 0 Å². The van der Waals surface area contributed by atoms with Gasteiger partial charge in [-0.1, -0.05) is 37.8 Å². The van der Waals surface area contributed by atoms with Crippen molar-refractivity contribution >= 4 is 0 Å². The lowest BCUT2D eigenvalue weighted by molar-refractivity contribution is 0.431. The van der Waals surface area contributed by atoms with Gasteiger partial charge in [-0.15, -0.1) is 0 Å². The average molecular weight is 225 g/mol. The van der Waals surface area contributed by atoms with Gasteiger partial charge >= 0.3 is 0 Å². The number of allylic oxidation sites excluding steroid dienone is 1. The number of hydrogen-bond acceptors (Lipinski definition) is 1. The quantitative estimate of drug-likeness (QED) is 0.467. The standard InChI is InChI=1S/C15H31N/c1-6-7-8-9-11-14(2)12-10-13-16-15(3,4)5/h12,16H,6-11,13H2,1-5H3. The molecule has 0 bridgehead atoms. The molecule has 0 fully saturated rings. The minimum atomic E-state index is 0.253. The molecular weight excluding hydrogens is 194 g/mol. The maximum Gasteiger partial charge on any atom is 0.00966 e. The molecule has 0 aliphatic carbocycles. The van der Waals surface area contributed by atoms with Crippen LogP contribution in [0.4, 0.5) is 0 Å². The predicted octanol–water partition coefficient (Wildman–Crippen LogP) is 4.68. The predicted molar refractivity (Wildman–Crippen MR) is 74.9 cm³/mol. The van der Waals surface area contributed by atoms with E-state index in [1.807, 2.05) is 0 Å². The van der Waals surface area contributed by atoms with Gasteiger partial charge in [-0.25, -0.2) is 0 Å². The van der Waals surface area contributed by atoms with Crippen molar-refractivity contribution in [2.45, 2.75) is 78.7 Å². The molecule has 0 heterocycles. The molecule has 0 aromatic rings. The summed E-state index contributed by atoms with van der Waals surface area (Å²) < 4.78 is 0. The van der Waals surface area contributed by atoms with Gasteiger partial charge in [0.25, 0.3) is 0 Å². The van der Waals surface area contributed by atoms with Crippen LogP contribution in [-0.2, 0) is 0 Å². The van der Waals surface area contributed by atoms with Gasteiger partial charge in [0.15, 0.2) is 0 Å². The van der Waals surface area contributed by atoms with E-state index in [1.165, 1.54) is 32.1 Å². The van der Waals surface area contributed by atoms with Crippen LogP contribution in [0.1, 0.15) is 73.1 Å². The highest BCUT2D eigenvalue weighted by Gasteiger charge is 2.06. The molecule has 16 heavy (non-hydrogen) atoms. The summed E-state index contributed by atoms with van der Waals surface area (Å²) >= 11 is 0. The molecule has 1 N–H and O–H groups in total. The largest absolute Gasteiger partial charge is 0.312 e. The normalized spacial score (nSPS) is 13.2. The molecule has 0 rings (SSSR count). The summed E-state index contributed by atoms with van der Waals surface area (Å²) in [6.45, 7) is 12.3. The van der Waals surface area contributed by atoms with Crippen LogP contribution >= 0.6 is 0 Å². The van der Waals surface area contributed by atoms with Crippen LogP contribution in [0.5, 0.6) is 0 Å². The molecule has 0 unspecified atom stereocenters. The van der Waals surface area contributed by atoms with Gasteiger partial charge in [0.1, 0.15) is 0 Å². The van der Waals surface area contributed by atoms with E-state index >= 15 is 0 Å². The van der Waals surface area contributed by atoms with Crippen LogP contribution in [0.15, 0.2) is 11.6 Å². The van der Waals surface area contributed by atoms with Gasteiger partial charge in [-0.05, 0) is 53.5 Å². The lowest BCUT2D eigenvalue weighted by Crippen LogP contribution is -2.36. The topological polar surface area (TPSA) is 12.0 Å². The smallest absolute Gasteiger partial charge is 0.00966 e. The third-order valence-electron chi connectivity index (χ3n) is 2.72. The first kappa shape index (κ1) is 15.7. The summed E-state index contributed by atoms with van der Waals surface area (Å²) in [5.74, 6) is 0. The van der Waals surface area contributed by atoms with Gasteiger partial charge < -0.3 is 5.32 Å². The van der Waals surface area contributed by atoms with Crippen LogP contribution in [0.25, 0.3) is 0 Å². The van der Waals surface area contributed by atoms with Crippen LogP contribution in [0.3, 0.4) is 0 Å². The van der Waals surface area contributed by atoms with Gasteiger partial charge in [-0.2, -0.15) is 0 Å². The number of hydrogen-bond donors (Lipinski definition) is 1. The van der Waals surface area contributed by atoms with E-state index in [-0.39, 0.29) is 5.54 Å². The Kier molecular flexibility index (Phi) is 8.64. The minimum absolute atomic E-state index is 0.253. The maximum atomic E-state index is 3.51. The fraction of sp³-hybridized carbons (Fsp3) is 0.867. The van der Waals surface area contributed by atoms with Crippen molar-refractivity contribution in [1.29, 1.82) is 0 Å². The fourth-order valence-electron chi connectivity index (χ4n) is 1.70. The second-order valence-corrected chi connectivity index (χ2v) is 5.83. The van der Waals surface area contributed by atoms with Crippen LogP contribution in [0.2, 0.25) is 0 Å². The second-order valence-electron chi connectivity index (χ2n) is 5.83. The Bertz CT molecular complexity index is 186. The summed E-state index contributed by atoms with van der Waals surface area (Å²) in [4.78, 5) is 0. The lowest BCUT2D eigenvalue weighted by atomic mass is 10.1. The van der Waals surface area contributed by atoms with Gasteiger partial charge in [0, 0.05) is 5.54 Å². The Morgan fingerprint density at radius 1 is 1.12 bits per heavy atom. The van der Waals surface area contributed by atoms with Gasteiger partial charge in [-0.3, -0.25) is 0 Å². The molecule has 0 amide bonds. The minimum Gasteiger partial charge on any atom is -0.312 e. The molecule has 0 aliphatic rings. The van der Waals surface area contributed by atoms with Crippen molar-refractivity contribution in [2.75, 3.05) is 6.54 Å². The van der Waals surface area contributed by atoms with E-state index in [0.29, 0.717) is 0 Å². The fourth-order valence-corrected chi connectivity index (χ4v) is 1.70. The third-order valence-corrected chi connectivity index (χ3v) is 2.72. The summed E-state index contributed by atoms with van der Waals surface area (Å²) in [5.41, 5.74) is 1.81. The molecule has 0 saturated carbocycles. The van der Waals surface area contributed by atoms with E-state index in [1.54, 1.807) is 5.57 Å². The molecule has 0 aromatic carbocycles. The molecule has 0 aromatic heterocycles. The summed E-state index contributed by atoms with van der Waals surface area (Å²) in [5, 5.41) is 3.51. The molecule has 0 aliphatic heterocycles. The highest BCUT2D eigenvalue weighted by atomic mass is 14.9. The first-order chi connectivity index (χ1) is 7.45. The summed E-state index contributed by atoms with van der Waals surface area (Å²) in [6, 6.07) is 0. The van der Waals surface area contributed by atoms with Crippen molar-refractivity contribution in [3.63, 3.8) is 0 Å². The molecule has 1 heteroatoms. The summed E-state index contributed by atoms with van der Waals surface area (Å²) in [6.07, 6.45) is 10.3. The average Bonchev–Trinajstić information content (AvgIpc) is 2.18. The maximum absolute atomic E-state index is 3.51. The van der Waals surface area contributed by atoms with Crippen molar-refractivity contribution in [2.24, 2.45) is 0 Å². The zero-order valence-corrected chi connectivity index (χ0v) is 12.0. The van der Waals surface area contributed by atoms with Crippen molar-refractivity contribution in [3.8, 4) is 0 Å². The molecule has 0 radical (unpaired) electrons. The Hall–Kier alpha value is -0.300. The van der Waals surface area contributed by atoms with Gasteiger partial charge in [0.05, 0.1) is 0 Å². The van der Waals surface area contributed by atoms with E-state index in [4.69, 9.17) is 0 Å². The Morgan fingerprint density at radius 3 is 2.38 bits per heavy atom. The summed E-state index contributed by atoms with van der Waals surface area (Å²) in [7, 11) is 0. The van der Waals surface area contributed by atoms with Crippen LogP contribution in [-0.4, -0.2) is 12.1 Å². The van der Waals surface area contributed by atoms with E-state index in [9.17, 15) is 0 Å². The zero-order chi connectivity index (χ0) is 12.4. The van der Waals surface area contributed by atoms with Crippen molar-refractivity contribution in [1.82, 2.24) is 5.32 Å². The third kappa shape index (κ3) is 11.8. The molecule has 0 spiro atoms. The van der Waals surface area contributed by atoms with Crippen LogP contribution < -0.4 is 5.32 Å². The molecule has 0 saturated heterocycles. The Morgan fingerprint density at radius 2 is 1.81 bits per heavy atom. The number of rotatable bonds is 8. The number of nitrogens with one attached hydrogen (secondary N) is 1. The molecule has 0 atom stereocenters. The van der Waals surface area contributed by atoms with Crippen molar-refractivity contribution < 1.29 is 0 Å². The van der Waals surface area contributed by atoms with E-state index in [2.05, 4.69) is 46.0 Å². The SMILES string of the molecule is CCCCCCC(C)=CCCNC(C)(C)C. The Balaban J connectivity index is 3.48. The second kappa shape index (κ2) is 8.81. The number of unbranched alkanes of at least 4 members (excludes halogenated alkanes) is 3. The molecular formula is C15H31N. The van der Waals surface area contributed by atoms with Crippen molar-refractivity contribution in [3.05, 3.63) is 11.6 Å². The molecule has 1 nitrogen and oxygen atoms in total. The lowest BCUT2D eigenvalue weighted by Gasteiger charge is -2.19. The van der Waals surface area contributed by atoms with E-state index < -0.39 is 0 Å². The van der Waals surface area contributed by atoms with Crippen LogP contribution in [0, 0.1) is 0 Å². The Labute approximate surface area is 103 Å². The van der Waals surface area contributed by atoms with E-state index in [0.717, 1.165) is 13.0 Å². The molecule has 96 valence electrons. The zero-order valence-electron chi connectivity index (χ0n) is 12.0. The highest BCUT2D eigenvalue weighted by molar-refractivity contribution is 4.98. The first-order valence-corrected chi connectivity index (χ1v) is 6.86. The highest BCUT2D eigenvalue weighted by Crippen LogP contribution is 2.10. The monoisotopic (exact) mass is 225 g/mol.